The van der Waals surface area contributed by atoms with E-state index in [1.54, 1.807) is 17.8 Å². The minimum absolute atomic E-state index is 0.147. The van der Waals surface area contributed by atoms with Crippen molar-refractivity contribution in [3.8, 4) is 5.75 Å². The normalized spacial score (nSPS) is 14.0. The molecular weight excluding hydrogens is 308 g/mol. The van der Waals surface area contributed by atoms with Gasteiger partial charge >= 0.3 is 0 Å². The summed E-state index contributed by atoms with van der Waals surface area (Å²) in [7, 11) is 1.81. The molecule has 3 aromatic rings. The zero-order valence-electron chi connectivity index (χ0n) is 13.0. The summed E-state index contributed by atoms with van der Waals surface area (Å²) < 4.78 is 7.28. The summed E-state index contributed by atoms with van der Waals surface area (Å²) in [6.45, 7) is 0.298. The van der Waals surface area contributed by atoms with E-state index in [4.69, 9.17) is 4.74 Å². The fourth-order valence-corrected chi connectivity index (χ4v) is 2.58. The molecule has 0 atom stereocenters. The Kier molecular flexibility index (Phi) is 3.42. The lowest BCUT2D eigenvalue weighted by molar-refractivity contribution is -0.116. The Morgan fingerprint density at radius 1 is 1.29 bits per heavy atom. The molecule has 0 radical (unpaired) electrons. The van der Waals surface area contributed by atoms with Gasteiger partial charge in [-0.05, 0) is 12.1 Å². The standard InChI is InChI=1S/C16H16N6O2/c1-17-14-8-13-19-10-3-2-4-11(7-10)24-6-5-15(23)20-12-9-18-22(14)16(12)21-13/h2-4,7-9,17H,5-6H2,1H3,(H,19,21)(H,20,23). The van der Waals surface area contributed by atoms with Gasteiger partial charge in [0, 0.05) is 24.9 Å². The molecule has 0 saturated carbocycles. The molecule has 3 heterocycles. The SMILES string of the molecule is CNc1cc2nc3c(cnn13)NC(=O)CCOc1cccc(c1)N2. The number of amides is 1. The van der Waals surface area contributed by atoms with E-state index in [-0.39, 0.29) is 12.3 Å². The summed E-state index contributed by atoms with van der Waals surface area (Å²) in [5.41, 5.74) is 1.98. The van der Waals surface area contributed by atoms with Crippen LogP contribution in [0.2, 0.25) is 0 Å². The molecule has 1 aliphatic heterocycles. The fourth-order valence-electron chi connectivity index (χ4n) is 2.58. The van der Waals surface area contributed by atoms with Crippen LogP contribution in [-0.2, 0) is 4.79 Å². The summed E-state index contributed by atoms with van der Waals surface area (Å²) in [4.78, 5) is 16.7. The van der Waals surface area contributed by atoms with Gasteiger partial charge < -0.3 is 20.7 Å². The maximum Gasteiger partial charge on any atom is 0.227 e. The topological polar surface area (TPSA) is 92.6 Å². The van der Waals surface area contributed by atoms with Gasteiger partial charge in [-0.2, -0.15) is 9.61 Å². The van der Waals surface area contributed by atoms with Crippen molar-refractivity contribution < 1.29 is 9.53 Å². The van der Waals surface area contributed by atoms with Crippen LogP contribution in [0.3, 0.4) is 0 Å². The van der Waals surface area contributed by atoms with E-state index in [1.165, 1.54) is 0 Å². The number of nitrogens with zero attached hydrogens (tertiary/aromatic N) is 3. The van der Waals surface area contributed by atoms with Crippen LogP contribution in [0.1, 0.15) is 6.42 Å². The maximum absolute atomic E-state index is 12.1. The van der Waals surface area contributed by atoms with Gasteiger partial charge in [0.2, 0.25) is 5.91 Å². The van der Waals surface area contributed by atoms with Crippen molar-refractivity contribution in [1.82, 2.24) is 14.6 Å². The summed E-state index contributed by atoms with van der Waals surface area (Å²) in [5, 5.41) is 13.5. The summed E-state index contributed by atoms with van der Waals surface area (Å²) in [5.74, 6) is 1.95. The van der Waals surface area contributed by atoms with E-state index in [0.717, 1.165) is 11.5 Å². The summed E-state index contributed by atoms with van der Waals surface area (Å²) in [6, 6.07) is 9.39. The first kappa shape index (κ1) is 14.3. The highest BCUT2D eigenvalue weighted by Crippen LogP contribution is 2.26. The number of anilines is 4. The Morgan fingerprint density at radius 3 is 3.08 bits per heavy atom. The van der Waals surface area contributed by atoms with Crippen LogP contribution in [-0.4, -0.2) is 34.2 Å². The van der Waals surface area contributed by atoms with Gasteiger partial charge in [0.1, 0.15) is 23.1 Å². The Morgan fingerprint density at radius 2 is 2.21 bits per heavy atom. The number of rotatable bonds is 1. The lowest BCUT2D eigenvalue weighted by Gasteiger charge is -2.11. The van der Waals surface area contributed by atoms with Gasteiger partial charge in [-0.1, -0.05) is 6.07 Å². The first-order valence-corrected chi connectivity index (χ1v) is 7.59. The van der Waals surface area contributed by atoms with Crippen molar-refractivity contribution in [3.63, 3.8) is 0 Å². The monoisotopic (exact) mass is 324 g/mol. The van der Waals surface area contributed by atoms with Crippen LogP contribution in [0.5, 0.6) is 5.75 Å². The van der Waals surface area contributed by atoms with Crippen LogP contribution >= 0.6 is 0 Å². The number of aromatic nitrogens is 3. The Hall–Kier alpha value is -3.29. The molecule has 122 valence electrons. The Balaban J connectivity index is 1.87. The molecule has 0 unspecified atom stereocenters. The highest BCUT2D eigenvalue weighted by atomic mass is 16.5. The number of fused-ring (bicyclic) bond motifs is 3. The van der Waals surface area contributed by atoms with Crippen LogP contribution in [0, 0.1) is 0 Å². The molecule has 0 spiro atoms. The average molecular weight is 324 g/mol. The van der Waals surface area contributed by atoms with E-state index < -0.39 is 0 Å². The highest BCUT2D eigenvalue weighted by Gasteiger charge is 2.14. The third kappa shape index (κ3) is 2.58. The first-order chi connectivity index (χ1) is 11.7. The minimum atomic E-state index is -0.147. The van der Waals surface area contributed by atoms with Gasteiger partial charge in [-0.25, -0.2) is 4.98 Å². The van der Waals surface area contributed by atoms with E-state index in [2.05, 4.69) is 26.0 Å². The molecule has 8 heteroatoms. The number of hydrogen-bond acceptors (Lipinski definition) is 6. The number of ether oxygens (including phenoxy) is 1. The van der Waals surface area contributed by atoms with Crippen molar-refractivity contribution in [2.75, 3.05) is 29.6 Å². The van der Waals surface area contributed by atoms with Gasteiger partial charge in [-0.3, -0.25) is 4.79 Å². The van der Waals surface area contributed by atoms with Crippen LogP contribution in [0.25, 0.3) is 5.65 Å². The number of nitrogens with one attached hydrogen (secondary N) is 3. The van der Waals surface area contributed by atoms with Crippen molar-refractivity contribution in [3.05, 3.63) is 36.5 Å². The molecule has 0 saturated heterocycles. The lowest BCUT2D eigenvalue weighted by atomic mass is 10.3. The lowest BCUT2D eigenvalue weighted by Crippen LogP contribution is -2.15. The number of carbonyl (C=O) groups excluding carboxylic acids is 1. The van der Waals surface area contributed by atoms with Crippen molar-refractivity contribution in [2.45, 2.75) is 6.42 Å². The van der Waals surface area contributed by atoms with Gasteiger partial charge in [0.25, 0.3) is 0 Å². The van der Waals surface area contributed by atoms with Crippen molar-refractivity contribution in [2.24, 2.45) is 0 Å². The molecule has 0 aliphatic carbocycles. The summed E-state index contributed by atoms with van der Waals surface area (Å²) >= 11 is 0. The van der Waals surface area contributed by atoms with Gasteiger partial charge in [-0.15, -0.1) is 0 Å². The molecule has 4 bridgehead atoms. The number of hydrogen-bond donors (Lipinski definition) is 3. The second-order valence-electron chi connectivity index (χ2n) is 5.37. The second-order valence-corrected chi connectivity index (χ2v) is 5.37. The number of carbonyl (C=O) groups is 1. The third-order valence-electron chi connectivity index (χ3n) is 3.71. The van der Waals surface area contributed by atoms with Crippen LogP contribution in [0.15, 0.2) is 36.5 Å². The van der Waals surface area contributed by atoms with Crippen LogP contribution in [0.4, 0.5) is 23.0 Å². The van der Waals surface area contributed by atoms with E-state index in [9.17, 15) is 4.79 Å². The van der Waals surface area contributed by atoms with Gasteiger partial charge in [0.05, 0.1) is 19.2 Å². The minimum Gasteiger partial charge on any atom is -0.493 e. The third-order valence-corrected chi connectivity index (χ3v) is 3.71. The summed E-state index contributed by atoms with van der Waals surface area (Å²) in [6.07, 6.45) is 1.83. The predicted molar refractivity (Wildman–Crippen MR) is 91.0 cm³/mol. The van der Waals surface area contributed by atoms with Crippen LogP contribution < -0.4 is 20.7 Å². The van der Waals surface area contributed by atoms with Crippen molar-refractivity contribution in [1.29, 1.82) is 0 Å². The molecule has 1 aliphatic rings. The Bertz CT molecular complexity index is 920. The molecule has 3 N–H and O–H groups in total. The fraction of sp³-hybridized carbons (Fsp3) is 0.188. The second kappa shape index (κ2) is 5.73. The largest absolute Gasteiger partial charge is 0.493 e. The zero-order valence-corrected chi connectivity index (χ0v) is 13.0. The van der Waals surface area contributed by atoms with E-state index in [1.807, 2.05) is 30.3 Å². The average Bonchev–Trinajstić information content (AvgIpc) is 2.97. The molecule has 1 amide bonds. The first-order valence-electron chi connectivity index (χ1n) is 7.59. The van der Waals surface area contributed by atoms with E-state index in [0.29, 0.717) is 29.5 Å². The van der Waals surface area contributed by atoms with E-state index >= 15 is 0 Å². The smallest absolute Gasteiger partial charge is 0.227 e. The van der Waals surface area contributed by atoms with Gasteiger partial charge in [0.15, 0.2) is 5.65 Å². The quantitative estimate of drug-likeness (QED) is 0.636. The predicted octanol–water partition coefficient (Wildman–Crippen LogP) is 2.24. The zero-order chi connectivity index (χ0) is 16.5. The molecule has 0 fully saturated rings. The molecule has 4 rings (SSSR count). The molecule has 24 heavy (non-hydrogen) atoms. The molecule has 1 aromatic carbocycles. The highest BCUT2D eigenvalue weighted by molar-refractivity contribution is 5.94. The molecular formula is C16H16N6O2. The molecule has 2 aromatic heterocycles. The number of benzene rings is 1. The maximum atomic E-state index is 12.1. The van der Waals surface area contributed by atoms with Crippen molar-refractivity contribution >= 4 is 34.6 Å². The Labute approximate surface area is 137 Å². The molecule has 8 nitrogen and oxygen atoms in total.